The quantitative estimate of drug-likeness (QED) is 0.677. The minimum Gasteiger partial charge on any atom is -0.469 e. The zero-order chi connectivity index (χ0) is 20.0. The summed E-state index contributed by atoms with van der Waals surface area (Å²) in [5.74, 6) is -0.796. The zero-order valence-electron chi connectivity index (χ0n) is 14.5. The van der Waals surface area contributed by atoms with Crippen molar-refractivity contribution in [1.29, 1.82) is 0 Å². The van der Waals surface area contributed by atoms with Gasteiger partial charge in [-0.1, -0.05) is 35.9 Å². The third-order valence-corrected chi connectivity index (χ3v) is 5.00. The molecular weight excluding hydrogens is 392 g/mol. The molecule has 0 saturated carbocycles. The Hall–Kier alpha value is -2.42. The number of rotatable bonds is 7. The molecule has 0 spiro atoms. The van der Waals surface area contributed by atoms with Crippen LogP contribution in [0.15, 0.2) is 53.4 Å². The van der Waals surface area contributed by atoms with E-state index in [2.05, 4.69) is 10.1 Å². The van der Waals surface area contributed by atoms with Crippen molar-refractivity contribution >= 4 is 33.5 Å². The van der Waals surface area contributed by atoms with Gasteiger partial charge in [0.25, 0.3) is 0 Å². The molecule has 0 saturated heterocycles. The van der Waals surface area contributed by atoms with E-state index in [1.165, 1.54) is 31.4 Å². The van der Waals surface area contributed by atoms with Crippen LogP contribution in [0.25, 0.3) is 0 Å². The highest BCUT2D eigenvalue weighted by molar-refractivity contribution is 7.89. The van der Waals surface area contributed by atoms with E-state index in [1.54, 1.807) is 24.3 Å². The summed E-state index contributed by atoms with van der Waals surface area (Å²) in [4.78, 5) is 24.0. The summed E-state index contributed by atoms with van der Waals surface area (Å²) >= 11 is 5.88. The van der Waals surface area contributed by atoms with E-state index < -0.39 is 22.0 Å². The van der Waals surface area contributed by atoms with E-state index in [-0.39, 0.29) is 23.6 Å². The third kappa shape index (κ3) is 6.35. The van der Waals surface area contributed by atoms with Crippen LogP contribution in [0.1, 0.15) is 23.6 Å². The summed E-state index contributed by atoms with van der Waals surface area (Å²) in [5, 5.41) is 8.37. The second-order valence-corrected chi connectivity index (χ2v) is 7.82. The Morgan fingerprint density at radius 1 is 1.11 bits per heavy atom. The maximum atomic E-state index is 12.4. The lowest BCUT2D eigenvalue weighted by atomic mass is 10.0. The van der Waals surface area contributed by atoms with Crippen molar-refractivity contribution in [3.63, 3.8) is 0 Å². The minimum absolute atomic E-state index is 0.0101. The van der Waals surface area contributed by atoms with Crippen molar-refractivity contribution in [3.05, 3.63) is 64.7 Å². The second kappa shape index (κ2) is 8.98. The standard InChI is InChI=1S/C18H19ClN2O5S/c1-26-18(23)11-16(13-4-6-14(19)7-5-13)21-17(22)10-12-2-8-15(9-3-12)27(20,24)25/h2-9,16H,10-11H2,1H3,(H,21,22)(H2,20,24,25). The molecule has 1 unspecified atom stereocenters. The first kappa shape index (κ1) is 20.9. The van der Waals surface area contributed by atoms with Gasteiger partial charge < -0.3 is 10.1 Å². The van der Waals surface area contributed by atoms with Gasteiger partial charge in [0.2, 0.25) is 15.9 Å². The van der Waals surface area contributed by atoms with Crippen LogP contribution in [0, 0.1) is 0 Å². The van der Waals surface area contributed by atoms with E-state index in [9.17, 15) is 18.0 Å². The molecular formula is C18H19ClN2O5S. The summed E-state index contributed by atoms with van der Waals surface area (Å²) < 4.78 is 27.2. The van der Waals surface area contributed by atoms with Gasteiger partial charge in [-0.05, 0) is 35.4 Å². The number of ether oxygens (including phenoxy) is 1. The first-order valence-corrected chi connectivity index (χ1v) is 9.85. The normalized spacial score (nSPS) is 12.3. The number of methoxy groups -OCH3 is 1. The van der Waals surface area contributed by atoms with Crippen molar-refractivity contribution in [2.75, 3.05) is 7.11 Å². The van der Waals surface area contributed by atoms with Gasteiger partial charge in [-0.2, -0.15) is 0 Å². The minimum atomic E-state index is -3.79. The highest BCUT2D eigenvalue weighted by Crippen LogP contribution is 2.20. The van der Waals surface area contributed by atoms with E-state index >= 15 is 0 Å². The number of carbonyl (C=O) groups is 2. The molecule has 0 bridgehead atoms. The molecule has 0 aliphatic heterocycles. The van der Waals surface area contributed by atoms with Gasteiger partial charge in [0.05, 0.1) is 30.9 Å². The number of hydrogen-bond donors (Lipinski definition) is 2. The Kier molecular flexibility index (Phi) is 6.95. The molecule has 1 amide bonds. The lowest BCUT2D eigenvalue weighted by Gasteiger charge is -2.18. The maximum absolute atomic E-state index is 12.4. The fourth-order valence-electron chi connectivity index (χ4n) is 2.43. The summed E-state index contributed by atoms with van der Waals surface area (Å²) in [6.07, 6.45) is -0.0234. The number of esters is 1. The predicted molar refractivity (Wildman–Crippen MR) is 100 cm³/mol. The number of benzene rings is 2. The number of primary sulfonamides is 1. The number of carbonyl (C=O) groups excluding carboxylic acids is 2. The van der Waals surface area contributed by atoms with Crippen LogP contribution >= 0.6 is 11.6 Å². The van der Waals surface area contributed by atoms with Crippen LogP contribution in [-0.2, 0) is 30.8 Å². The number of nitrogens with one attached hydrogen (secondary N) is 1. The van der Waals surface area contributed by atoms with Crippen molar-refractivity contribution < 1.29 is 22.7 Å². The number of amides is 1. The highest BCUT2D eigenvalue weighted by atomic mass is 35.5. The number of halogens is 1. The van der Waals surface area contributed by atoms with E-state index in [4.69, 9.17) is 16.7 Å². The number of sulfonamides is 1. The molecule has 0 radical (unpaired) electrons. The Labute approximate surface area is 162 Å². The fourth-order valence-corrected chi connectivity index (χ4v) is 3.07. The average molecular weight is 411 g/mol. The Morgan fingerprint density at radius 2 is 1.70 bits per heavy atom. The van der Waals surface area contributed by atoms with Crippen LogP contribution in [-0.4, -0.2) is 27.4 Å². The van der Waals surface area contributed by atoms with Crippen LogP contribution in [0.2, 0.25) is 5.02 Å². The van der Waals surface area contributed by atoms with Crippen molar-refractivity contribution in [2.24, 2.45) is 5.14 Å². The van der Waals surface area contributed by atoms with Gasteiger partial charge in [0, 0.05) is 5.02 Å². The molecule has 7 nitrogen and oxygen atoms in total. The average Bonchev–Trinajstić information content (AvgIpc) is 2.61. The first-order valence-electron chi connectivity index (χ1n) is 7.92. The Morgan fingerprint density at radius 3 is 2.22 bits per heavy atom. The summed E-state index contributed by atoms with van der Waals surface area (Å²) in [6.45, 7) is 0. The largest absolute Gasteiger partial charge is 0.469 e. The van der Waals surface area contributed by atoms with Crippen LogP contribution in [0.4, 0.5) is 0 Å². The molecule has 1 atom stereocenters. The van der Waals surface area contributed by atoms with Gasteiger partial charge in [0.1, 0.15) is 0 Å². The van der Waals surface area contributed by atoms with Gasteiger partial charge in [-0.25, -0.2) is 13.6 Å². The predicted octanol–water partition coefficient (Wildman–Crippen LogP) is 1.95. The van der Waals surface area contributed by atoms with Gasteiger partial charge in [-0.3, -0.25) is 9.59 Å². The molecule has 0 aromatic heterocycles. The Bertz CT molecular complexity index is 912. The SMILES string of the molecule is COC(=O)CC(NC(=O)Cc1ccc(S(N)(=O)=O)cc1)c1ccc(Cl)cc1. The summed E-state index contributed by atoms with van der Waals surface area (Å²) in [6, 6.07) is 11.9. The van der Waals surface area contributed by atoms with Crippen molar-refractivity contribution in [1.82, 2.24) is 5.32 Å². The van der Waals surface area contributed by atoms with Crippen molar-refractivity contribution in [2.45, 2.75) is 23.8 Å². The van der Waals surface area contributed by atoms with Gasteiger partial charge >= 0.3 is 5.97 Å². The van der Waals surface area contributed by atoms with Crippen LogP contribution in [0.3, 0.4) is 0 Å². The summed E-state index contributed by atoms with van der Waals surface area (Å²) in [7, 11) is -2.51. The van der Waals surface area contributed by atoms with Gasteiger partial charge in [-0.15, -0.1) is 0 Å². The molecule has 3 N–H and O–H groups in total. The third-order valence-electron chi connectivity index (χ3n) is 3.82. The Balaban J connectivity index is 2.10. The highest BCUT2D eigenvalue weighted by Gasteiger charge is 2.19. The lowest BCUT2D eigenvalue weighted by molar-refractivity contribution is -0.141. The molecule has 0 aliphatic carbocycles. The number of hydrogen-bond acceptors (Lipinski definition) is 5. The molecule has 9 heteroatoms. The molecule has 0 fully saturated rings. The smallest absolute Gasteiger partial charge is 0.307 e. The molecule has 0 aliphatic rings. The summed E-state index contributed by atoms with van der Waals surface area (Å²) in [5.41, 5.74) is 1.32. The lowest BCUT2D eigenvalue weighted by Crippen LogP contribution is -2.31. The zero-order valence-corrected chi connectivity index (χ0v) is 16.1. The fraction of sp³-hybridized carbons (Fsp3) is 0.222. The monoisotopic (exact) mass is 410 g/mol. The maximum Gasteiger partial charge on any atom is 0.307 e. The van der Waals surface area contributed by atoms with Crippen LogP contribution < -0.4 is 10.5 Å². The number of nitrogens with two attached hydrogens (primary N) is 1. The molecule has 2 rings (SSSR count). The van der Waals surface area contributed by atoms with Crippen LogP contribution in [0.5, 0.6) is 0 Å². The van der Waals surface area contributed by atoms with E-state index in [0.717, 1.165) is 0 Å². The van der Waals surface area contributed by atoms with E-state index in [1.807, 2.05) is 0 Å². The van der Waals surface area contributed by atoms with Crippen molar-refractivity contribution in [3.8, 4) is 0 Å². The van der Waals surface area contributed by atoms with E-state index in [0.29, 0.717) is 16.1 Å². The molecule has 2 aromatic carbocycles. The second-order valence-electron chi connectivity index (χ2n) is 5.82. The van der Waals surface area contributed by atoms with Gasteiger partial charge in [0.15, 0.2) is 0 Å². The first-order chi connectivity index (χ1) is 12.7. The molecule has 144 valence electrons. The molecule has 27 heavy (non-hydrogen) atoms. The molecule has 2 aromatic rings. The topological polar surface area (TPSA) is 116 Å². The molecule has 0 heterocycles.